The molecule has 0 aliphatic heterocycles. The van der Waals surface area contributed by atoms with Crippen LogP contribution in [-0.4, -0.2) is 11.1 Å². The Bertz CT molecular complexity index is 475. The van der Waals surface area contributed by atoms with Crippen molar-refractivity contribution in [2.24, 2.45) is 5.73 Å². The first-order valence-electron chi connectivity index (χ1n) is 3.63. The van der Waals surface area contributed by atoms with Crippen LogP contribution >= 0.6 is 0 Å². The van der Waals surface area contributed by atoms with E-state index < -0.39 is 5.91 Å². The zero-order valence-electron chi connectivity index (χ0n) is 6.65. The Hall–Kier alpha value is -2.04. The van der Waals surface area contributed by atoms with Crippen LogP contribution in [-0.2, 0) is 0 Å². The van der Waals surface area contributed by atoms with Gasteiger partial charge in [0.1, 0.15) is 0 Å². The normalized spacial score (nSPS) is 10.5. The van der Waals surface area contributed by atoms with Crippen molar-refractivity contribution in [2.75, 3.05) is 5.73 Å². The average Bonchev–Trinajstić information content (AvgIpc) is 2.46. The molecule has 1 aromatic carbocycles. The summed E-state index contributed by atoms with van der Waals surface area (Å²) in [4.78, 5) is 10.8. The largest absolute Gasteiger partial charge is 0.399 e. The third kappa shape index (κ3) is 1.10. The molecular weight excluding hydrogens is 170 g/mol. The number of nitrogens with two attached hydrogens (primary N) is 2. The molecule has 0 bridgehead atoms. The minimum absolute atomic E-state index is 0.134. The number of rotatable bonds is 1. The van der Waals surface area contributed by atoms with Crippen molar-refractivity contribution in [1.82, 2.24) is 5.16 Å². The van der Waals surface area contributed by atoms with Gasteiger partial charge in [-0.3, -0.25) is 4.79 Å². The summed E-state index contributed by atoms with van der Waals surface area (Å²) < 4.78 is 4.86. The molecule has 13 heavy (non-hydrogen) atoms. The van der Waals surface area contributed by atoms with E-state index in [1.165, 1.54) is 0 Å². The standard InChI is InChI=1S/C8H7N3O2/c9-4-1-2-5-6(3-4)13-11-7(5)8(10)12/h1-3H,9H2,(H2,10,12). The first-order valence-corrected chi connectivity index (χ1v) is 3.63. The molecular formula is C8H7N3O2. The van der Waals surface area contributed by atoms with Crippen LogP contribution in [0.4, 0.5) is 5.69 Å². The maximum atomic E-state index is 10.8. The number of hydrogen-bond donors (Lipinski definition) is 2. The van der Waals surface area contributed by atoms with Crippen molar-refractivity contribution < 1.29 is 9.32 Å². The molecule has 5 nitrogen and oxygen atoms in total. The Morgan fingerprint density at radius 2 is 2.23 bits per heavy atom. The zero-order valence-corrected chi connectivity index (χ0v) is 6.65. The van der Waals surface area contributed by atoms with Gasteiger partial charge in [-0.15, -0.1) is 0 Å². The minimum Gasteiger partial charge on any atom is -0.399 e. The molecule has 1 amide bonds. The lowest BCUT2D eigenvalue weighted by Crippen LogP contribution is -2.11. The highest BCUT2D eigenvalue weighted by molar-refractivity contribution is 6.03. The van der Waals surface area contributed by atoms with Crippen LogP contribution in [0.15, 0.2) is 22.7 Å². The molecule has 0 spiro atoms. The van der Waals surface area contributed by atoms with Crippen LogP contribution in [0.2, 0.25) is 0 Å². The van der Waals surface area contributed by atoms with Gasteiger partial charge < -0.3 is 16.0 Å². The predicted molar refractivity (Wildman–Crippen MR) is 46.9 cm³/mol. The summed E-state index contributed by atoms with van der Waals surface area (Å²) in [6.07, 6.45) is 0. The van der Waals surface area contributed by atoms with E-state index in [0.29, 0.717) is 16.7 Å². The molecule has 2 aromatic rings. The van der Waals surface area contributed by atoms with Gasteiger partial charge in [0.05, 0.1) is 5.39 Å². The summed E-state index contributed by atoms with van der Waals surface area (Å²) in [5, 5.41) is 4.12. The highest BCUT2D eigenvalue weighted by Crippen LogP contribution is 2.20. The van der Waals surface area contributed by atoms with Gasteiger partial charge in [-0.1, -0.05) is 5.16 Å². The van der Waals surface area contributed by atoms with Crippen LogP contribution in [0.5, 0.6) is 0 Å². The summed E-state index contributed by atoms with van der Waals surface area (Å²) in [6, 6.07) is 4.90. The highest BCUT2D eigenvalue weighted by atomic mass is 16.5. The lowest BCUT2D eigenvalue weighted by atomic mass is 10.2. The predicted octanol–water partition coefficient (Wildman–Crippen LogP) is 0.509. The molecule has 0 radical (unpaired) electrons. The number of anilines is 1. The van der Waals surface area contributed by atoms with Gasteiger partial charge in [0.15, 0.2) is 11.3 Å². The van der Waals surface area contributed by atoms with Gasteiger partial charge in [-0.25, -0.2) is 0 Å². The number of aromatic nitrogens is 1. The third-order valence-electron chi connectivity index (χ3n) is 1.73. The molecule has 0 atom stereocenters. The van der Waals surface area contributed by atoms with Crippen molar-refractivity contribution in [3.8, 4) is 0 Å². The fraction of sp³-hybridized carbons (Fsp3) is 0. The van der Waals surface area contributed by atoms with Gasteiger partial charge in [0.25, 0.3) is 5.91 Å². The van der Waals surface area contributed by atoms with E-state index >= 15 is 0 Å². The number of hydrogen-bond acceptors (Lipinski definition) is 4. The van der Waals surface area contributed by atoms with Crippen molar-refractivity contribution in [3.63, 3.8) is 0 Å². The van der Waals surface area contributed by atoms with E-state index in [1.54, 1.807) is 18.2 Å². The molecule has 0 saturated carbocycles. The Labute approximate surface area is 73.3 Å². The molecule has 0 unspecified atom stereocenters. The van der Waals surface area contributed by atoms with Crippen LogP contribution in [0.25, 0.3) is 11.0 Å². The van der Waals surface area contributed by atoms with Crippen molar-refractivity contribution in [3.05, 3.63) is 23.9 Å². The lowest BCUT2D eigenvalue weighted by Gasteiger charge is -1.90. The van der Waals surface area contributed by atoms with Crippen molar-refractivity contribution >= 4 is 22.6 Å². The van der Waals surface area contributed by atoms with Crippen molar-refractivity contribution in [1.29, 1.82) is 0 Å². The summed E-state index contributed by atoms with van der Waals surface area (Å²) in [6.45, 7) is 0. The second-order valence-corrected chi connectivity index (χ2v) is 2.65. The van der Waals surface area contributed by atoms with E-state index in [9.17, 15) is 4.79 Å². The molecule has 0 aliphatic carbocycles. The molecule has 0 aliphatic rings. The van der Waals surface area contributed by atoms with E-state index in [0.717, 1.165) is 0 Å². The molecule has 66 valence electrons. The monoisotopic (exact) mass is 177 g/mol. The number of carbonyl (C=O) groups excluding carboxylic acids is 1. The van der Waals surface area contributed by atoms with Crippen LogP contribution < -0.4 is 11.5 Å². The maximum Gasteiger partial charge on any atom is 0.271 e. The lowest BCUT2D eigenvalue weighted by molar-refractivity contribution is 0.0993. The second-order valence-electron chi connectivity index (χ2n) is 2.65. The number of nitrogen functional groups attached to an aromatic ring is 1. The Kier molecular flexibility index (Phi) is 1.45. The molecule has 0 saturated heterocycles. The number of primary amides is 1. The summed E-state index contributed by atoms with van der Waals surface area (Å²) >= 11 is 0. The fourth-order valence-electron chi connectivity index (χ4n) is 1.13. The topological polar surface area (TPSA) is 95.1 Å². The summed E-state index contributed by atoms with van der Waals surface area (Å²) in [5.41, 5.74) is 11.7. The third-order valence-corrected chi connectivity index (χ3v) is 1.73. The quantitative estimate of drug-likeness (QED) is 0.620. The molecule has 4 N–H and O–H groups in total. The van der Waals surface area contributed by atoms with Crippen LogP contribution in [0.1, 0.15) is 10.5 Å². The minimum atomic E-state index is -0.608. The van der Waals surface area contributed by atoms with Crippen molar-refractivity contribution in [2.45, 2.75) is 0 Å². The summed E-state index contributed by atoms with van der Waals surface area (Å²) in [7, 11) is 0. The first-order chi connectivity index (χ1) is 6.18. The van der Waals surface area contributed by atoms with Crippen LogP contribution in [0.3, 0.4) is 0 Å². The number of carbonyl (C=O) groups is 1. The molecule has 5 heteroatoms. The van der Waals surface area contributed by atoms with E-state index in [1.807, 2.05) is 0 Å². The highest BCUT2D eigenvalue weighted by Gasteiger charge is 2.12. The molecule has 1 aromatic heterocycles. The molecule has 2 rings (SSSR count). The van der Waals surface area contributed by atoms with Crippen LogP contribution in [0, 0.1) is 0 Å². The van der Waals surface area contributed by atoms with Gasteiger partial charge in [-0.2, -0.15) is 0 Å². The fourth-order valence-corrected chi connectivity index (χ4v) is 1.13. The van der Waals surface area contributed by atoms with E-state index in [2.05, 4.69) is 5.16 Å². The zero-order chi connectivity index (χ0) is 9.42. The molecule has 0 fully saturated rings. The Morgan fingerprint density at radius 1 is 1.46 bits per heavy atom. The van der Waals surface area contributed by atoms with E-state index in [4.69, 9.17) is 16.0 Å². The SMILES string of the molecule is NC(=O)c1noc2cc(N)ccc12. The van der Waals surface area contributed by atoms with Gasteiger partial charge in [0.2, 0.25) is 0 Å². The second kappa shape index (κ2) is 2.48. The van der Waals surface area contributed by atoms with Gasteiger partial charge in [-0.05, 0) is 12.1 Å². The number of amides is 1. The molecule has 1 heterocycles. The van der Waals surface area contributed by atoms with E-state index in [-0.39, 0.29) is 5.69 Å². The van der Waals surface area contributed by atoms with Gasteiger partial charge >= 0.3 is 0 Å². The summed E-state index contributed by atoms with van der Waals surface area (Å²) in [5.74, 6) is -0.608. The smallest absolute Gasteiger partial charge is 0.271 e. The first kappa shape index (κ1) is 7.60. The number of nitrogens with zero attached hydrogens (tertiary/aromatic N) is 1. The number of fused-ring (bicyclic) bond motifs is 1. The number of benzene rings is 1. The van der Waals surface area contributed by atoms with Gasteiger partial charge in [0, 0.05) is 11.8 Å². The maximum absolute atomic E-state index is 10.8. The Balaban J connectivity index is 2.76. The average molecular weight is 177 g/mol. The Morgan fingerprint density at radius 3 is 2.92 bits per heavy atom.